The van der Waals surface area contributed by atoms with Crippen molar-refractivity contribution in [1.29, 1.82) is 0 Å². The molecule has 0 fully saturated rings. The summed E-state index contributed by atoms with van der Waals surface area (Å²) in [6.45, 7) is 4.92. The van der Waals surface area contributed by atoms with Crippen LogP contribution in [-0.4, -0.2) is 23.9 Å². The molecule has 0 bridgehead atoms. The summed E-state index contributed by atoms with van der Waals surface area (Å²) in [5.74, 6) is -9.33. The van der Waals surface area contributed by atoms with Crippen LogP contribution in [0.4, 0.5) is 22.0 Å². The van der Waals surface area contributed by atoms with Crippen LogP contribution in [0.1, 0.15) is 13.8 Å². The van der Waals surface area contributed by atoms with E-state index < -0.39 is 34.0 Å². The maximum Gasteiger partial charge on any atom is 0.200 e. The highest BCUT2D eigenvalue weighted by atomic mass is 32.2. The van der Waals surface area contributed by atoms with Gasteiger partial charge in [0.25, 0.3) is 0 Å². The minimum absolute atomic E-state index is 0.158. The monoisotopic (exact) mass is 285 g/mol. The van der Waals surface area contributed by atoms with Crippen molar-refractivity contribution in [2.24, 2.45) is 0 Å². The zero-order valence-corrected chi connectivity index (χ0v) is 10.7. The second-order valence-electron chi connectivity index (χ2n) is 3.48. The zero-order chi connectivity index (χ0) is 13.9. The van der Waals surface area contributed by atoms with E-state index in [2.05, 4.69) is 0 Å². The lowest BCUT2D eigenvalue weighted by Gasteiger charge is -2.17. The Bertz CT molecular complexity index is 405. The first-order chi connectivity index (χ1) is 8.43. The summed E-state index contributed by atoms with van der Waals surface area (Å²) in [5.41, 5.74) is 0. The van der Waals surface area contributed by atoms with Gasteiger partial charge < -0.3 is 0 Å². The van der Waals surface area contributed by atoms with Gasteiger partial charge in [-0.05, 0) is 13.1 Å². The maximum absolute atomic E-state index is 13.3. The predicted molar refractivity (Wildman–Crippen MR) is 59.9 cm³/mol. The molecule has 7 heteroatoms. The molecule has 1 nitrogen and oxygen atoms in total. The number of thioether (sulfide) groups is 1. The van der Waals surface area contributed by atoms with E-state index in [0.29, 0.717) is 24.9 Å². The zero-order valence-electron chi connectivity index (χ0n) is 9.87. The van der Waals surface area contributed by atoms with Gasteiger partial charge in [0.05, 0.1) is 4.90 Å². The molecule has 0 aliphatic carbocycles. The molecule has 1 rings (SSSR count). The fourth-order valence-corrected chi connectivity index (χ4v) is 2.38. The first-order valence-corrected chi connectivity index (χ1v) is 6.29. The molecule has 0 amide bonds. The van der Waals surface area contributed by atoms with E-state index in [1.165, 1.54) is 0 Å². The summed E-state index contributed by atoms with van der Waals surface area (Å²) in [6.07, 6.45) is 0. The standard InChI is InChI=1S/C11H12F5NS/c1-3-17(4-2)5-18-11-9(15)7(13)6(12)8(14)10(11)16/h3-5H2,1-2H3. The van der Waals surface area contributed by atoms with Crippen molar-refractivity contribution in [2.75, 3.05) is 19.0 Å². The molecule has 0 unspecified atom stereocenters. The largest absolute Gasteiger partial charge is 0.294 e. The van der Waals surface area contributed by atoms with Crippen molar-refractivity contribution in [1.82, 2.24) is 4.90 Å². The van der Waals surface area contributed by atoms with Crippen LogP contribution in [0.15, 0.2) is 4.90 Å². The van der Waals surface area contributed by atoms with Crippen LogP contribution in [0.2, 0.25) is 0 Å². The SMILES string of the molecule is CCN(CC)CSc1c(F)c(F)c(F)c(F)c1F. The lowest BCUT2D eigenvalue weighted by molar-refractivity contribution is 0.351. The van der Waals surface area contributed by atoms with E-state index in [0.717, 1.165) is 0 Å². The molecule has 0 aromatic heterocycles. The van der Waals surface area contributed by atoms with Gasteiger partial charge in [0, 0.05) is 5.88 Å². The fraction of sp³-hybridized carbons (Fsp3) is 0.455. The number of hydrogen-bond donors (Lipinski definition) is 0. The van der Waals surface area contributed by atoms with Crippen molar-refractivity contribution < 1.29 is 22.0 Å². The van der Waals surface area contributed by atoms with Crippen LogP contribution in [0, 0.1) is 29.1 Å². The Morgan fingerprint density at radius 3 is 1.56 bits per heavy atom. The Morgan fingerprint density at radius 1 is 0.778 bits per heavy atom. The van der Waals surface area contributed by atoms with Crippen molar-refractivity contribution in [3.63, 3.8) is 0 Å². The lowest BCUT2D eigenvalue weighted by Crippen LogP contribution is -2.22. The van der Waals surface area contributed by atoms with E-state index >= 15 is 0 Å². The molecule has 0 saturated heterocycles. The third-order valence-corrected chi connectivity index (χ3v) is 3.60. The summed E-state index contributed by atoms with van der Waals surface area (Å²) in [4.78, 5) is 0.959. The number of hydrogen-bond acceptors (Lipinski definition) is 2. The van der Waals surface area contributed by atoms with Crippen LogP contribution >= 0.6 is 11.8 Å². The van der Waals surface area contributed by atoms with Gasteiger partial charge in [-0.3, -0.25) is 4.90 Å². The normalized spacial score (nSPS) is 11.3. The number of halogens is 5. The summed E-state index contributed by atoms with van der Waals surface area (Å²) in [7, 11) is 0. The minimum Gasteiger partial charge on any atom is -0.294 e. The molecule has 18 heavy (non-hydrogen) atoms. The quantitative estimate of drug-likeness (QED) is 0.266. The van der Waals surface area contributed by atoms with Crippen LogP contribution in [0.3, 0.4) is 0 Å². The van der Waals surface area contributed by atoms with Gasteiger partial charge in [-0.15, -0.1) is 11.8 Å². The highest BCUT2D eigenvalue weighted by Crippen LogP contribution is 2.31. The highest BCUT2D eigenvalue weighted by Gasteiger charge is 2.26. The topological polar surface area (TPSA) is 3.24 Å². The number of nitrogens with zero attached hydrogens (tertiary/aromatic N) is 1. The molecule has 1 aromatic carbocycles. The number of rotatable bonds is 5. The van der Waals surface area contributed by atoms with Gasteiger partial charge in [0.15, 0.2) is 23.3 Å². The number of benzene rings is 1. The molecular weight excluding hydrogens is 273 g/mol. The van der Waals surface area contributed by atoms with Crippen molar-refractivity contribution in [2.45, 2.75) is 18.7 Å². The second kappa shape index (κ2) is 6.38. The Hall–Kier alpha value is -0.820. The average Bonchev–Trinajstić information content (AvgIpc) is 2.38. The first kappa shape index (κ1) is 15.2. The van der Waals surface area contributed by atoms with Crippen molar-refractivity contribution in [3.8, 4) is 0 Å². The molecule has 0 N–H and O–H groups in total. The van der Waals surface area contributed by atoms with Gasteiger partial charge in [-0.1, -0.05) is 13.8 Å². The molecule has 0 atom stereocenters. The van der Waals surface area contributed by atoms with E-state index in [1.54, 1.807) is 4.90 Å². The Balaban J connectivity index is 3.03. The van der Waals surface area contributed by atoms with E-state index in [-0.39, 0.29) is 5.88 Å². The summed E-state index contributed by atoms with van der Waals surface area (Å²) in [6, 6.07) is 0. The molecule has 0 radical (unpaired) electrons. The van der Waals surface area contributed by atoms with E-state index in [9.17, 15) is 22.0 Å². The average molecular weight is 285 g/mol. The fourth-order valence-electron chi connectivity index (χ4n) is 1.27. The predicted octanol–water partition coefficient (Wildman–Crippen LogP) is 3.77. The van der Waals surface area contributed by atoms with E-state index in [1.807, 2.05) is 13.8 Å². The minimum atomic E-state index is -2.13. The van der Waals surface area contributed by atoms with Gasteiger partial charge in [-0.2, -0.15) is 0 Å². The Kier molecular flexibility index (Phi) is 5.40. The molecule has 0 heterocycles. The highest BCUT2D eigenvalue weighted by molar-refractivity contribution is 7.99. The second-order valence-corrected chi connectivity index (χ2v) is 4.43. The van der Waals surface area contributed by atoms with Crippen molar-refractivity contribution >= 4 is 11.8 Å². The third-order valence-electron chi connectivity index (χ3n) is 2.46. The molecule has 0 aliphatic heterocycles. The Labute approximate surface area is 106 Å². The molecule has 102 valence electrons. The maximum atomic E-state index is 13.3. The van der Waals surface area contributed by atoms with Crippen LogP contribution < -0.4 is 0 Å². The van der Waals surface area contributed by atoms with Gasteiger partial charge in [0.2, 0.25) is 5.82 Å². The first-order valence-electron chi connectivity index (χ1n) is 5.30. The van der Waals surface area contributed by atoms with Gasteiger partial charge in [-0.25, -0.2) is 22.0 Å². The molecule has 0 spiro atoms. The molecule has 0 aliphatic rings. The molecular formula is C11H12F5NS. The summed E-state index contributed by atoms with van der Waals surface area (Å²) < 4.78 is 65.2. The smallest absolute Gasteiger partial charge is 0.200 e. The van der Waals surface area contributed by atoms with Gasteiger partial charge >= 0.3 is 0 Å². The van der Waals surface area contributed by atoms with Crippen LogP contribution in [0.25, 0.3) is 0 Å². The third kappa shape index (κ3) is 2.95. The summed E-state index contributed by atoms with van der Waals surface area (Å²) in [5, 5.41) is 0. The van der Waals surface area contributed by atoms with Gasteiger partial charge in [0.1, 0.15) is 0 Å². The van der Waals surface area contributed by atoms with Crippen molar-refractivity contribution in [3.05, 3.63) is 29.1 Å². The van der Waals surface area contributed by atoms with Crippen LogP contribution in [0.5, 0.6) is 0 Å². The summed E-state index contributed by atoms with van der Waals surface area (Å²) >= 11 is 0.597. The van der Waals surface area contributed by atoms with E-state index in [4.69, 9.17) is 0 Å². The molecule has 1 aromatic rings. The molecule has 0 saturated carbocycles. The Morgan fingerprint density at radius 2 is 1.17 bits per heavy atom. The van der Waals surface area contributed by atoms with Crippen LogP contribution in [-0.2, 0) is 0 Å². The lowest BCUT2D eigenvalue weighted by atomic mass is 10.3.